The standard InChI is InChI=1S/C31H21N3O5S2/c32-16-24-21-14-9-17-5-1-2-6-20(17)27(21)41-30(24)34-26(35)15-25(29(34)37)40-19-12-10-18(11-13-19)33-28(36)22-7-3-4-8-23(22)31(38)39/h1-8,10-13,25H,9,14-15H2,(H,33,36)(H,38,39). The summed E-state index contributed by atoms with van der Waals surface area (Å²) in [6.07, 6.45) is 1.50. The van der Waals surface area contributed by atoms with Crippen molar-refractivity contribution < 1.29 is 24.3 Å². The van der Waals surface area contributed by atoms with Crippen molar-refractivity contribution in [3.05, 3.63) is 101 Å². The van der Waals surface area contributed by atoms with Gasteiger partial charge in [0, 0.05) is 21.9 Å². The van der Waals surface area contributed by atoms with Crippen molar-refractivity contribution in [2.75, 3.05) is 10.2 Å². The minimum atomic E-state index is -1.19. The minimum absolute atomic E-state index is 0.0119. The van der Waals surface area contributed by atoms with Crippen LogP contribution in [0.25, 0.3) is 10.4 Å². The third-order valence-electron chi connectivity index (χ3n) is 7.11. The molecule has 2 N–H and O–H groups in total. The second-order valence-electron chi connectivity index (χ2n) is 9.57. The Kier molecular flexibility index (Phi) is 6.91. The van der Waals surface area contributed by atoms with Crippen LogP contribution in [0.3, 0.4) is 0 Å². The highest BCUT2D eigenvalue weighted by Gasteiger charge is 2.43. The third kappa shape index (κ3) is 4.79. The van der Waals surface area contributed by atoms with Crippen LogP contribution in [-0.4, -0.2) is 34.0 Å². The lowest BCUT2D eigenvalue weighted by atomic mass is 9.89. The van der Waals surface area contributed by atoms with Crippen molar-refractivity contribution in [1.82, 2.24) is 0 Å². The first-order valence-electron chi connectivity index (χ1n) is 12.8. The smallest absolute Gasteiger partial charge is 0.336 e. The fourth-order valence-corrected chi connectivity index (χ4v) is 7.59. The van der Waals surface area contributed by atoms with Gasteiger partial charge in [-0.15, -0.1) is 23.1 Å². The molecule has 202 valence electrons. The first-order chi connectivity index (χ1) is 19.9. The highest BCUT2D eigenvalue weighted by atomic mass is 32.2. The van der Waals surface area contributed by atoms with E-state index in [1.807, 2.05) is 18.2 Å². The van der Waals surface area contributed by atoms with Crippen LogP contribution < -0.4 is 10.2 Å². The van der Waals surface area contributed by atoms with Crippen molar-refractivity contribution in [3.63, 3.8) is 0 Å². The maximum absolute atomic E-state index is 13.5. The number of imide groups is 1. The average molecular weight is 580 g/mol. The van der Waals surface area contributed by atoms with Gasteiger partial charge in [0.15, 0.2) is 0 Å². The number of anilines is 2. The number of nitrogens with one attached hydrogen (secondary N) is 1. The zero-order valence-corrected chi connectivity index (χ0v) is 23.1. The van der Waals surface area contributed by atoms with Crippen LogP contribution in [0.1, 0.15) is 43.8 Å². The molecule has 3 amide bonds. The summed E-state index contributed by atoms with van der Waals surface area (Å²) < 4.78 is 0. The van der Waals surface area contributed by atoms with E-state index in [9.17, 15) is 29.5 Å². The van der Waals surface area contributed by atoms with E-state index in [-0.39, 0.29) is 29.4 Å². The van der Waals surface area contributed by atoms with E-state index < -0.39 is 17.1 Å². The van der Waals surface area contributed by atoms with E-state index in [1.165, 1.54) is 45.7 Å². The van der Waals surface area contributed by atoms with Gasteiger partial charge in [-0.2, -0.15) is 5.26 Å². The molecule has 1 aromatic heterocycles. The summed E-state index contributed by atoms with van der Waals surface area (Å²) in [6, 6.07) is 23.0. The Morgan fingerprint density at radius 2 is 1.68 bits per heavy atom. The molecule has 0 saturated carbocycles. The molecule has 6 rings (SSSR count). The number of carboxylic acids is 1. The summed E-state index contributed by atoms with van der Waals surface area (Å²) in [5.41, 5.74) is 3.94. The summed E-state index contributed by atoms with van der Waals surface area (Å²) in [4.78, 5) is 53.5. The van der Waals surface area contributed by atoms with Gasteiger partial charge in [0.05, 0.1) is 21.9 Å². The number of aryl methyl sites for hydroxylation is 1. The van der Waals surface area contributed by atoms with Crippen molar-refractivity contribution in [2.24, 2.45) is 0 Å². The van der Waals surface area contributed by atoms with Crippen LogP contribution in [0, 0.1) is 11.3 Å². The fourth-order valence-electron chi connectivity index (χ4n) is 5.16. The number of carbonyl (C=O) groups is 4. The van der Waals surface area contributed by atoms with Gasteiger partial charge in [-0.1, -0.05) is 36.4 Å². The lowest BCUT2D eigenvalue weighted by molar-refractivity contribution is -0.121. The molecule has 4 aromatic rings. The molecule has 3 aromatic carbocycles. The predicted octanol–water partition coefficient (Wildman–Crippen LogP) is 5.76. The predicted molar refractivity (Wildman–Crippen MR) is 156 cm³/mol. The van der Waals surface area contributed by atoms with Gasteiger partial charge in [-0.05, 0) is 65.9 Å². The molecule has 1 unspecified atom stereocenters. The number of carboxylic acid groups (broad SMARTS) is 1. The molecule has 1 saturated heterocycles. The number of thiophene rings is 1. The van der Waals surface area contributed by atoms with Crippen LogP contribution >= 0.6 is 23.1 Å². The van der Waals surface area contributed by atoms with Crippen molar-refractivity contribution in [2.45, 2.75) is 29.4 Å². The van der Waals surface area contributed by atoms with Gasteiger partial charge >= 0.3 is 5.97 Å². The van der Waals surface area contributed by atoms with Gasteiger partial charge in [0.25, 0.3) is 5.91 Å². The van der Waals surface area contributed by atoms with Gasteiger partial charge in [-0.3, -0.25) is 14.4 Å². The molecular formula is C31H21N3O5S2. The number of nitrogens with zero attached hydrogens (tertiary/aromatic N) is 2. The lowest BCUT2D eigenvalue weighted by Gasteiger charge is -2.15. The molecule has 2 aliphatic rings. The van der Waals surface area contributed by atoms with E-state index in [4.69, 9.17) is 0 Å². The Morgan fingerprint density at radius 1 is 0.976 bits per heavy atom. The van der Waals surface area contributed by atoms with Crippen molar-refractivity contribution in [3.8, 4) is 16.5 Å². The number of fused-ring (bicyclic) bond motifs is 3. The van der Waals surface area contributed by atoms with Crippen LogP contribution in [0.2, 0.25) is 0 Å². The number of thioether (sulfide) groups is 1. The number of nitriles is 1. The summed E-state index contributed by atoms with van der Waals surface area (Å²) in [5, 5.41) is 21.8. The van der Waals surface area contributed by atoms with Gasteiger partial charge in [-0.25, -0.2) is 9.69 Å². The second kappa shape index (κ2) is 10.7. The number of carbonyl (C=O) groups excluding carboxylic acids is 3. The molecule has 1 aliphatic heterocycles. The maximum Gasteiger partial charge on any atom is 0.336 e. The third-order valence-corrected chi connectivity index (χ3v) is 9.56. The molecule has 1 aliphatic carbocycles. The van der Waals surface area contributed by atoms with Gasteiger partial charge < -0.3 is 10.4 Å². The lowest BCUT2D eigenvalue weighted by Crippen LogP contribution is -2.31. The van der Waals surface area contributed by atoms with E-state index in [0.717, 1.165) is 27.3 Å². The molecular weight excluding hydrogens is 558 g/mol. The van der Waals surface area contributed by atoms with Crippen molar-refractivity contribution >= 4 is 57.5 Å². The molecule has 8 nitrogen and oxygen atoms in total. The number of hydrogen-bond acceptors (Lipinski definition) is 7. The van der Waals surface area contributed by atoms with Gasteiger partial charge in [0.1, 0.15) is 11.1 Å². The molecule has 0 radical (unpaired) electrons. The van der Waals surface area contributed by atoms with E-state index >= 15 is 0 Å². The zero-order chi connectivity index (χ0) is 28.7. The number of hydrogen-bond donors (Lipinski definition) is 2. The Balaban J connectivity index is 1.19. The molecule has 0 spiro atoms. The van der Waals surface area contributed by atoms with Gasteiger partial charge in [0.2, 0.25) is 11.8 Å². The molecule has 10 heteroatoms. The number of rotatable bonds is 6. The summed E-state index contributed by atoms with van der Waals surface area (Å²) in [5.74, 6) is -2.44. The summed E-state index contributed by atoms with van der Waals surface area (Å²) in [7, 11) is 0. The van der Waals surface area contributed by atoms with Crippen LogP contribution in [0.5, 0.6) is 0 Å². The monoisotopic (exact) mass is 579 g/mol. The molecule has 2 heterocycles. The van der Waals surface area contributed by atoms with Crippen LogP contribution in [0.15, 0.2) is 77.7 Å². The van der Waals surface area contributed by atoms with Crippen molar-refractivity contribution in [1.29, 1.82) is 5.26 Å². The first-order valence-corrected chi connectivity index (χ1v) is 14.5. The zero-order valence-electron chi connectivity index (χ0n) is 21.4. The van der Waals surface area contributed by atoms with Crippen LogP contribution in [-0.2, 0) is 22.4 Å². The molecule has 1 fully saturated rings. The van der Waals surface area contributed by atoms with E-state index in [1.54, 1.807) is 36.4 Å². The maximum atomic E-state index is 13.5. The number of amides is 3. The summed E-state index contributed by atoms with van der Waals surface area (Å²) >= 11 is 2.57. The highest BCUT2D eigenvalue weighted by Crippen LogP contribution is 2.48. The Morgan fingerprint density at radius 3 is 2.41 bits per heavy atom. The second-order valence-corrected chi connectivity index (χ2v) is 11.8. The topological polar surface area (TPSA) is 128 Å². The first kappa shape index (κ1) is 26.5. The molecule has 41 heavy (non-hydrogen) atoms. The minimum Gasteiger partial charge on any atom is -0.478 e. The average Bonchev–Trinajstić information content (AvgIpc) is 3.49. The van der Waals surface area contributed by atoms with E-state index in [0.29, 0.717) is 22.7 Å². The fraction of sp³-hybridized carbons (Fsp3) is 0.129. The number of benzene rings is 3. The largest absolute Gasteiger partial charge is 0.478 e. The van der Waals surface area contributed by atoms with E-state index in [2.05, 4.69) is 17.5 Å². The normalized spacial score (nSPS) is 15.7. The Bertz CT molecular complexity index is 1790. The Hall–Kier alpha value is -4.72. The SMILES string of the molecule is N#Cc1c(N2C(=O)CC(Sc3ccc(NC(=O)c4ccccc4C(=O)O)cc3)C2=O)sc2c1CCc1ccccc1-2. The molecule has 0 bridgehead atoms. The van der Waals surface area contributed by atoms with Crippen LogP contribution in [0.4, 0.5) is 10.7 Å². The molecule has 1 atom stereocenters. The summed E-state index contributed by atoms with van der Waals surface area (Å²) in [6.45, 7) is 0. The number of aromatic carboxylic acids is 1. The quantitative estimate of drug-likeness (QED) is 0.278. The Labute approximate surface area is 243 Å². The highest BCUT2D eigenvalue weighted by molar-refractivity contribution is 8.00.